The molecule has 0 aliphatic rings. The molecule has 0 spiro atoms. The average molecular weight is 747 g/mol. The zero-order valence-electron chi connectivity index (χ0n) is 29.6. The van der Waals surface area contributed by atoms with E-state index in [9.17, 15) is 28.8 Å². The normalized spacial score (nSPS) is 11.8. The summed E-state index contributed by atoms with van der Waals surface area (Å²) >= 11 is 0. The lowest BCUT2D eigenvalue weighted by Crippen LogP contribution is -2.34. The number of aliphatic carboxylic acids is 6. The van der Waals surface area contributed by atoms with Crippen molar-refractivity contribution in [2.45, 2.75) is 84.0 Å². The summed E-state index contributed by atoms with van der Waals surface area (Å²) in [6, 6.07) is -3.04. The lowest BCUT2D eigenvalue weighted by Gasteiger charge is -2.07. The Kier molecular flexibility index (Phi) is 43.4. The summed E-state index contributed by atoms with van der Waals surface area (Å²) in [5.74, 6) is -5.63. The molecule has 302 valence electrons. The lowest BCUT2D eigenvalue weighted by molar-refractivity contribution is -0.140. The third-order valence-corrected chi connectivity index (χ3v) is 5.04. The van der Waals surface area contributed by atoms with E-state index < -0.39 is 60.0 Å². The van der Waals surface area contributed by atoms with E-state index in [2.05, 4.69) is 22.1 Å². The van der Waals surface area contributed by atoms with E-state index in [1.165, 1.54) is 0 Å². The van der Waals surface area contributed by atoms with Crippen molar-refractivity contribution >= 4 is 47.7 Å². The van der Waals surface area contributed by atoms with Gasteiger partial charge in [-0.05, 0) is 43.9 Å². The Bertz CT molecular complexity index is 952. The van der Waals surface area contributed by atoms with Crippen LogP contribution in [0, 0.1) is 22.7 Å². The fraction of sp³-hybridized carbons (Fsp3) is 0.704. The quantitative estimate of drug-likeness (QED) is 0.0382. The van der Waals surface area contributed by atoms with Crippen molar-refractivity contribution in [3.63, 3.8) is 0 Å². The number of hydrogen-bond donors (Lipinski definition) is 18. The van der Waals surface area contributed by atoms with Gasteiger partial charge in [0.1, 0.15) is 24.2 Å². The van der Waals surface area contributed by atoms with Crippen molar-refractivity contribution in [3.8, 4) is 0 Å². The van der Waals surface area contributed by atoms with Gasteiger partial charge in [0.25, 0.3) is 0 Å². The molecule has 0 aromatic rings. The minimum atomic E-state index is -1.00. The molecule has 24 nitrogen and oxygen atoms in total. The third kappa shape index (κ3) is 60.9. The van der Waals surface area contributed by atoms with Crippen LogP contribution in [0.5, 0.6) is 0 Å². The topological polar surface area (TPSA) is 504 Å². The highest BCUT2D eigenvalue weighted by atomic mass is 16.4. The van der Waals surface area contributed by atoms with Crippen LogP contribution in [0.4, 0.5) is 0 Å². The number of carboxylic acid groups (broad SMARTS) is 6. The van der Waals surface area contributed by atoms with E-state index in [1.807, 2.05) is 13.8 Å². The Balaban J connectivity index is -0.000000123. The molecule has 0 saturated carbocycles. The number of carbonyl (C=O) groups is 6. The second-order valence-electron chi connectivity index (χ2n) is 10.7. The van der Waals surface area contributed by atoms with Gasteiger partial charge in [0, 0.05) is 13.1 Å². The van der Waals surface area contributed by atoms with Crippen LogP contribution in [0.1, 0.15) is 59.8 Å². The van der Waals surface area contributed by atoms with Gasteiger partial charge in [-0.3, -0.25) is 39.6 Å². The molecule has 0 amide bonds. The van der Waals surface area contributed by atoms with Crippen LogP contribution < -0.4 is 56.5 Å². The number of guanidine groups is 2. The van der Waals surface area contributed by atoms with Crippen molar-refractivity contribution < 1.29 is 59.4 Å². The standard InChI is InChI=1S/2C6H14N4O2.C6H13NO2.C5H11NO2.2C2H5NO2/c2*7-4(5(11)12)2-1-3-10-6(8)9;1-4(2)3-5(7)6(8)9;1-3(2)4(6)5(7)8;2*3-1-2(4)5/h2*4H,1-3,7H2,(H,11,12)(H4,8,9,10);4-5H,3,7H2,1-2H3,(H,8,9);3-4H,6H2,1-2H3,(H,7,8);2*1,3H2,(H,4,5). The van der Waals surface area contributed by atoms with E-state index in [1.54, 1.807) is 13.8 Å². The van der Waals surface area contributed by atoms with E-state index in [0.29, 0.717) is 51.1 Å². The first kappa shape index (κ1) is 58.3. The van der Waals surface area contributed by atoms with E-state index >= 15 is 0 Å². The summed E-state index contributed by atoms with van der Waals surface area (Å²) in [7, 11) is 0. The maximum Gasteiger partial charge on any atom is 0.320 e. The van der Waals surface area contributed by atoms with Crippen molar-refractivity contribution in [3.05, 3.63) is 0 Å². The van der Waals surface area contributed by atoms with Crippen LogP contribution in [-0.4, -0.2) is 129 Å². The fourth-order valence-electron chi connectivity index (χ4n) is 2.23. The first-order chi connectivity index (χ1) is 23.2. The van der Waals surface area contributed by atoms with Gasteiger partial charge in [-0.15, -0.1) is 0 Å². The molecule has 26 N–H and O–H groups in total. The highest BCUT2D eigenvalue weighted by Gasteiger charge is 2.14. The Labute approximate surface area is 296 Å². The zero-order valence-corrected chi connectivity index (χ0v) is 29.6. The van der Waals surface area contributed by atoms with Gasteiger partial charge in [-0.1, -0.05) is 27.7 Å². The Morgan fingerprint density at radius 3 is 0.961 bits per heavy atom. The van der Waals surface area contributed by atoms with Gasteiger partial charge >= 0.3 is 35.8 Å². The number of nitrogens with one attached hydrogen (secondary N) is 4. The highest BCUT2D eigenvalue weighted by Crippen LogP contribution is 2.01. The zero-order chi connectivity index (χ0) is 41.9. The largest absolute Gasteiger partial charge is 0.480 e. The molecule has 0 radical (unpaired) electrons. The Morgan fingerprint density at radius 2 is 0.843 bits per heavy atom. The SMILES string of the molecule is CC(C)C(N)C(=O)O.CC(C)CC(N)C(=O)O.N=C(N)NCCCC(N)C(=O)O.N=C(N)NCCCC(N)C(=O)O.NCC(=O)O.NCC(=O)O. The van der Waals surface area contributed by atoms with Gasteiger partial charge in [0.15, 0.2) is 11.9 Å². The predicted molar refractivity (Wildman–Crippen MR) is 188 cm³/mol. The summed E-state index contributed by atoms with van der Waals surface area (Å²) in [6.07, 6.45) is 2.50. The second kappa shape index (κ2) is 37.9. The van der Waals surface area contributed by atoms with Crippen molar-refractivity contribution in [1.82, 2.24) is 10.6 Å². The van der Waals surface area contributed by atoms with Gasteiger partial charge in [0.2, 0.25) is 0 Å². The first-order valence-corrected chi connectivity index (χ1v) is 15.1. The van der Waals surface area contributed by atoms with Crippen LogP contribution in [0.15, 0.2) is 0 Å². The maximum atomic E-state index is 10.2. The van der Waals surface area contributed by atoms with Gasteiger partial charge in [-0.2, -0.15) is 0 Å². The number of carboxylic acids is 6. The van der Waals surface area contributed by atoms with E-state index in [4.69, 9.17) is 75.9 Å². The molecule has 24 heteroatoms. The molecular formula is C27H62N12O12. The number of rotatable bonds is 17. The molecule has 0 saturated heterocycles. The van der Waals surface area contributed by atoms with Crippen molar-refractivity contribution in [2.24, 2.45) is 57.7 Å². The van der Waals surface area contributed by atoms with Crippen LogP contribution in [-0.2, 0) is 28.8 Å². The number of hydrogen-bond acceptors (Lipinski definition) is 14. The fourth-order valence-corrected chi connectivity index (χ4v) is 2.23. The third-order valence-electron chi connectivity index (χ3n) is 5.04. The van der Waals surface area contributed by atoms with E-state index in [0.717, 1.165) is 0 Å². The van der Waals surface area contributed by atoms with Crippen molar-refractivity contribution in [1.29, 1.82) is 10.8 Å². The number of nitrogens with two attached hydrogens (primary N) is 8. The summed E-state index contributed by atoms with van der Waals surface area (Å²) in [6.45, 7) is 7.86. The summed E-state index contributed by atoms with van der Waals surface area (Å²) in [5, 5.41) is 67.2. The molecule has 0 rings (SSSR count). The Hall–Kier alpha value is -4.88. The molecule has 0 heterocycles. The van der Waals surface area contributed by atoms with Crippen LogP contribution >= 0.6 is 0 Å². The van der Waals surface area contributed by atoms with Gasteiger partial charge < -0.3 is 87.1 Å². The minimum Gasteiger partial charge on any atom is -0.480 e. The van der Waals surface area contributed by atoms with Gasteiger partial charge in [0.05, 0.1) is 13.1 Å². The maximum absolute atomic E-state index is 10.2. The van der Waals surface area contributed by atoms with Crippen LogP contribution in [0.25, 0.3) is 0 Å². The smallest absolute Gasteiger partial charge is 0.320 e. The molecule has 4 atom stereocenters. The molecule has 51 heavy (non-hydrogen) atoms. The lowest BCUT2D eigenvalue weighted by atomic mass is 10.1. The molecule has 0 aliphatic heterocycles. The monoisotopic (exact) mass is 746 g/mol. The molecule has 4 unspecified atom stereocenters. The summed E-state index contributed by atoms with van der Waals surface area (Å²) in [5.41, 5.74) is 40.0. The molecule has 0 aromatic heterocycles. The van der Waals surface area contributed by atoms with Crippen LogP contribution in [0.3, 0.4) is 0 Å². The molecule has 0 fully saturated rings. The van der Waals surface area contributed by atoms with Gasteiger partial charge in [-0.25, -0.2) is 0 Å². The Morgan fingerprint density at radius 1 is 0.569 bits per heavy atom. The molecule has 0 bridgehead atoms. The molecule has 0 aliphatic carbocycles. The first-order valence-electron chi connectivity index (χ1n) is 15.1. The van der Waals surface area contributed by atoms with E-state index in [-0.39, 0.29) is 30.9 Å². The van der Waals surface area contributed by atoms with Crippen molar-refractivity contribution in [2.75, 3.05) is 26.2 Å². The second-order valence-corrected chi connectivity index (χ2v) is 10.7. The molecule has 0 aromatic carbocycles. The summed E-state index contributed by atoms with van der Waals surface area (Å²) < 4.78 is 0. The minimum absolute atomic E-state index is 0.0208. The highest BCUT2D eigenvalue weighted by molar-refractivity contribution is 5.75. The average Bonchev–Trinajstić information content (AvgIpc) is 3.01. The predicted octanol–water partition coefficient (Wildman–Crippen LogP) is -4.12. The van der Waals surface area contributed by atoms with Crippen LogP contribution in [0.2, 0.25) is 0 Å². The molecular weight excluding hydrogens is 684 g/mol. The summed E-state index contributed by atoms with van der Waals surface area (Å²) in [4.78, 5) is 59.0.